The van der Waals surface area contributed by atoms with E-state index in [-0.39, 0.29) is 10.6 Å². The molecule has 0 saturated carbocycles. The van der Waals surface area contributed by atoms with Crippen molar-refractivity contribution in [2.45, 2.75) is 4.90 Å². The van der Waals surface area contributed by atoms with Crippen LogP contribution in [0.1, 0.15) is 0 Å². The summed E-state index contributed by atoms with van der Waals surface area (Å²) in [5.74, 6) is -1.77. The average molecular weight is 314 g/mol. The summed E-state index contributed by atoms with van der Waals surface area (Å²) in [5, 5.41) is 10.5. The molecule has 2 aromatic carbocycles. The molecule has 0 amide bonds. The standard InChI is InChI=1S/C12H8F2N2O4S/c13-8-1-4-10(5-2-8)21(19,20)15-9-3-6-12(16(17)18)11(14)7-9/h1-7,15H. The minimum Gasteiger partial charge on any atom is -0.280 e. The third-order valence-electron chi connectivity index (χ3n) is 2.52. The molecular weight excluding hydrogens is 306 g/mol. The zero-order valence-electron chi connectivity index (χ0n) is 10.3. The Labute approximate surface area is 118 Å². The van der Waals surface area contributed by atoms with Crippen LogP contribution in [0.2, 0.25) is 0 Å². The van der Waals surface area contributed by atoms with Crippen molar-refractivity contribution in [3.63, 3.8) is 0 Å². The van der Waals surface area contributed by atoms with E-state index in [1.165, 1.54) is 0 Å². The average Bonchev–Trinajstić information content (AvgIpc) is 2.38. The molecule has 0 spiro atoms. The van der Waals surface area contributed by atoms with Crippen molar-refractivity contribution in [3.8, 4) is 0 Å². The molecule has 0 aliphatic heterocycles. The topological polar surface area (TPSA) is 89.3 Å². The van der Waals surface area contributed by atoms with Gasteiger partial charge in [0.15, 0.2) is 0 Å². The lowest BCUT2D eigenvalue weighted by Crippen LogP contribution is -2.13. The molecule has 110 valence electrons. The summed E-state index contributed by atoms with van der Waals surface area (Å²) in [6, 6.07) is 6.61. The Kier molecular flexibility index (Phi) is 3.85. The first-order valence-electron chi connectivity index (χ1n) is 5.52. The fraction of sp³-hybridized carbons (Fsp3) is 0. The fourth-order valence-electron chi connectivity index (χ4n) is 1.55. The maximum atomic E-state index is 13.4. The Bertz CT molecular complexity index is 791. The molecule has 2 aromatic rings. The summed E-state index contributed by atoms with van der Waals surface area (Å²) in [5.41, 5.74) is -0.942. The predicted molar refractivity (Wildman–Crippen MR) is 70.3 cm³/mol. The monoisotopic (exact) mass is 314 g/mol. The normalized spacial score (nSPS) is 11.1. The third-order valence-corrected chi connectivity index (χ3v) is 3.92. The Hall–Kier alpha value is -2.55. The number of nitro groups is 1. The van der Waals surface area contributed by atoms with Crippen LogP contribution in [0.3, 0.4) is 0 Å². The number of nitro benzene ring substituents is 1. The van der Waals surface area contributed by atoms with E-state index in [0.29, 0.717) is 6.07 Å². The molecule has 0 radical (unpaired) electrons. The molecule has 0 heterocycles. The van der Waals surface area contributed by atoms with E-state index in [0.717, 1.165) is 36.4 Å². The molecule has 0 aliphatic rings. The first kappa shape index (κ1) is 14.9. The molecule has 2 rings (SSSR count). The van der Waals surface area contributed by atoms with E-state index in [9.17, 15) is 27.3 Å². The lowest BCUT2D eigenvalue weighted by molar-refractivity contribution is -0.387. The lowest BCUT2D eigenvalue weighted by atomic mass is 10.3. The maximum Gasteiger partial charge on any atom is 0.304 e. The summed E-state index contributed by atoms with van der Waals surface area (Å²) in [6.07, 6.45) is 0. The van der Waals surface area contributed by atoms with Crippen molar-refractivity contribution in [2.75, 3.05) is 4.72 Å². The Morgan fingerprint density at radius 2 is 1.67 bits per heavy atom. The van der Waals surface area contributed by atoms with E-state index in [2.05, 4.69) is 0 Å². The fourth-order valence-corrected chi connectivity index (χ4v) is 2.60. The Morgan fingerprint density at radius 3 is 2.19 bits per heavy atom. The number of benzene rings is 2. The van der Waals surface area contributed by atoms with Crippen molar-refractivity contribution in [2.24, 2.45) is 0 Å². The van der Waals surface area contributed by atoms with Crippen LogP contribution >= 0.6 is 0 Å². The Morgan fingerprint density at radius 1 is 1.05 bits per heavy atom. The minimum absolute atomic E-state index is 0.178. The number of sulfonamides is 1. The van der Waals surface area contributed by atoms with Gasteiger partial charge in [-0.3, -0.25) is 14.8 Å². The van der Waals surface area contributed by atoms with E-state index in [1.54, 1.807) is 0 Å². The molecule has 0 atom stereocenters. The van der Waals surface area contributed by atoms with E-state index in [1.807, 2.05) is 4.72 Å². The molecule has 6 nitrogen and oxygen atoms in total. The van der Waals surface area contributed by atoms with Gasteiger partial charge >= 0.3 is 5.69 Å². The highest BCUT2D eigenvalue weighted by Crippen LogP contribution is 2.23. The van der Waals surface area contributed by atoms with Gasteiger partial charge in [-0.15, -0.1) is 0 Å². The van der Waals surface area contributed by atoms with Crippen molar-refractivity contribution < 1.29 is 22.1 Å². The summed E-state index contributed by atoms with van der Waals surface area (Å²) in [4.78, 5) is 9.32. The number of nitrogens with zero attached hydrogens (tertiary/aromatic N) is 1. The van der Waals surface area contributed by atoms with Crippen molar-refractivity contribution in [1.29, 1.82) is 0 Å². The molecule has 21 heavy (non-hydrogen) atoms. The molecule has 9 heteroatoms. The van der Waals surface area contributed by atoms with Crippen molar-refractivity contribution in [3.05, 3.63) is 64.2 Å². The summed E-state index contributed by atoms with van der Waals surface area (Å²) >= 11 is 0. The molecule has 0 bridgehead atoms. The Balaban J connectivity index is 2.31. The highest BCUT2D eigenvalue weighted by molar-refractivity contribution is 7.92. The highest BCUT2D eigenvalue weighted by atomic mass is 32.2. The van der Waals surface area contributed by atoms with Crippen LogP contribution < -0.4 is 4.72 Å². The van der Waals surface area contributed by atoms with Crippen molar-refractivity contribution in [1.82, 2.24) is 0 Å². The zero-order chi connectivity index (χ0) is 15.6. The van der Waals surface area contributed by atoms with Gasteiger partial charge < -0.3 is 0 Å². The summed E-state index contributed by atoms with van der Waals surface area (Å²) < 4.78 is 52.1. The van der Waals surface area contributed by atoms with Crippen LogP contribution in [0.5, 0.6) is 0 Å². The smallest absolute Gasteiger partial charge is 0.280 e. The molecular formula is C12H8F2N2O4S. The van der Waals surface area contributed by atoms with Crippen LogP contribution in [0.15, 0.2) is 47.4 Å². The first-order chi connectivity index (χ1) is 9.79. The maximum absolute atomic E-state index is 13.4. The second-order valence-corrected chi connectivity index (χ2v) is 5.67. The van der Waals surface area contributed by atoms with Gasteiger partial charge in [0.2, 0.25) is 5.82 Å². The molecule has 1 N–H and O–H groups in total. The molecule has 0 aliphatic carbocycles. The molecule has 0 fully saturated rings. The van der Waals surface area contributed by atoms with Gasteiger partial charge in [0, 0.05) is 12.1 Å². The van der Waals surface area contributed by atoms with Gasteiger partial charge in [-0.05, 0) is 30.3 Å². The van der Waals surface area contributed by atoms with E-state index < -0.39 is 32.3 Å². The number of hydrogen-bond acceptors (Lipinski definition) is 4. The number of nitrogens with one attached hydrogen (secondary N) is 1. The third kappa shape index (κ3) is 3.31. The van der Waals surface area contributed by atoms with Gasteiger partial charge in [-0.2, -0.15) is 4.39 Å². The highest BCUT2D eigenvalue weighted by Gasteiger charge is 2.18. The number of anilines is 1. The molecule has 0 aromatic heterocycles. The predicted octanol–water partition coefficient (Wildman–Crippen LogP) is 2.67. The quantitative estimate of drug-likeness (QED) is 0.694. The van der Waals surface area contributed by atoms with Crippen LogP contribution in [0.4, 0.5) is 20.2 Å². The van der Waals surface area contributed by atoms with Gasteiger partial charge in [-0.25, -0.2) is 12.8 Å². The molecule has 0 saturated heterocycles. The van der Waals surface area contributed by atoms with Crippen LogP contribution in [0.25, 0.3) is 0 Å². The van der Waals surface area contributed by atoms with E-state index >= 15 is 0 Å². The van der Waals surface area contributed by atoms with Crippen molar-refractivity contribution >= 4 is 21.4 Å². The van der Waals surface area contributed by atoms with E-state index in [4.69, 9.17) is 0 Å². The van der Waals surface area contributed by atoms with Crippen LogP contribution in [-0.2, 0) is 10.0 Å². The summed E-state index contributed by atoms with van der Waals surface area (Å²) in [7, 11) is -4.03. The second kappa shape index (κ2) is 5.44. The van der Waals surface area contributed by atoms with Gasteiger partial charge in [0.05, 0.1) is 15.5 Å². The number of halogens is 2. The van der Waals surface area contributed by atoms with Crippen LogP contribution in [-0.4, -0.2) is 13.3 Å². The van der Waals surface area contributed by atoms with Gasteiger partial charge in [-0.1, -0.05) is 0 Å². The second-order valence-electron chi connectivity index (χ2n) is 3.98. The summed E-state index contributed by atoms with van der Waals surface area (Å²) in [6.45, 7) is 0. The SMILES string of the molecule is O=[N+]([O-])c1ccc(NS(=O)(=O)c2ccc(F)cc2)cc1F. The number of hydrogen-bond donors (Lipinski definition) is 1. The number of rotatable bonds is 4. The minimum atomic E-state index is -4.03. The van der Waals surface area contributed by atoms with Gasteiger partial charge in [0.1, 0.15) is 5.82 Å². The largest absolute Gasteiger partial charge is 0.304 e. The van der Waals surface area contributed by atoms with Crippen LogP contribution in [0, 0.1) is 21.7 Å². The lowest BCUT2D eigenvalue weighted by Gasteiger charge is -2.08. The van der Waals surface area contributed by atoms with Gasteiger partial charge in [0.25, 0.3) is 10.0 Å². The zero-order valence-corrected chi connectivity index (χ0v) is 11.1. The first-order valence-corrected chi connectivity index (χ1v) is 7.00. The molecule has 0 unspecified atom stereocenters.